The lowest BCUT2D eigenvalue weighted by molar-refractivity contribution is -0.140. The molecule has 0 saturated carbocycles. The summed E-state index contributed by atoms with van der Waals surface area (Å²) in [6.07, 6.45) is 5.62. The lowest BCUT2D eigenvalue weighted by atomic mass is 9.96. The van der Waals surface area contributed by atoms with E-state index in [9.17, 15) is 29.1 Å². The number of phenolic OH excluding ortho intramolecular Hbond substituents is 1. The van der Waals surface area contributed by atoms with Crippen LogP contribution in [0.15, 0.2) is 42.5 Å². The number of hydrogen-bond donors (Lipinski definition) is 6. The first-order valence-corrected chi connectivity index (χ1v) is 17.3. The van der Waals surface area contributed by atoms with Crippen LogP contribution in [0.25, 0.3) is 0 Å². The number of carbonyl (C=O) groups excluding carboxylic acids is 5. The van der Waals surface area contributed by atoms with Crippen LogP contribution in [0.1, 0.15) is 63.5 Å². The van der Waals surface area contributed by atoms with E-state index in [1.165, 1.54) is 31.0 Å². The van der Waals surface area contributed by atoms with Crippen molar-refractivity contribution in [2.75, 3.05) is 32.2 Å². The van der Waals surface area contributed by atoms with Gasteiger partial charge in [0.2, 0.25) is 23.6 Å². The summed E-state index contributed by atoms with van der Waals surface area (Å²) in [6.45, 7) is -0.451. The van der Waals surface area contributed by atoms with Crippen LogP contribution >= 0.6 is 24.2 Å². The van der Waals surface area contributed by atoms with Crippen molar-refractivity contribution in [3.05, 3.63) is 64.7 Å². The molecule has 0 heterocycles. The monoisotopic (exact) mass is 724 g/mol. The number of rotatable bonds is 22. The molecule has 2 aromatic rings. The minimum absolute atomic E-state index is 0. The van der Waals surface area contributed by atoms with Crippen molar-refractivity contribution in [2.24, 2.45) is 5.73 Å². The van der Waals surface area contributed by atoms with E-state index in [1.54, 1.807) is 0 Å². The second-order valence-electron chi connectivity index (χ2n) is 11.4. The molecule has 0 saturated heterocycles. The number of aromatic hydroxyl groups is 1. The Balaban J connectivity index is 0.0000135. The maximum absolute atomic E-state index is 13.3. The van der Waals surface area contributed by atoms with Crippen molar-refractivity contribution in [1.29, 1.82) is 0 Å². The Hall–Kier alpha value is -3.81. The molecule has 0 spiro atoms. The topological polar surface area (TPSA) is 189 Å². The van der Waals surface area contributed by atoms with Crippen LogP contribution in [0.3, 0.4) is 0 Å². The van der Waals surface area contributed by atoms with Crippen molar-refractivity contribution in [2.45, 2.75) is 83.3 Å². The van der Waals surface area contributed by atoms with Crippen LogP contribution in [0.5, 0.6) is 5.75 Å². The van der Waals surface area contributed by atoms with Gasteiger partial charge < -0.3 is 36.8 Å². The predicted octanol–water partition coefficient (Wildman–Crippen LogP) is 2.62. The Labute approximate surface area is 304 Å². The zero-order valence-electron chi connectivity index (χ0n) is 31.2. The second kappa shape index (κ2) is 23.5. The van der Waals surface area contributed by atoms with Gasteiger partial charge >= 0.3 is 5.97 Å². The molecule has 7 N–H and O–H groups in total. The van der Waals surface area contributed by atoms with Gasteiger partial charge in [-0.05, 0) is 85.9 Å². The number of unbranched alkanes of at least 4 members (excludes halogenated alkanes) is 3. The fourth-order valence-corrected chi connectivity index (χ4v) is 5.37. The molecule has 0 unspecified atom stereocenters. The fraction of sp³-hybridized carbons (Fsp3) is 0.514. The molecule has 0 radical (unpaired) electrons. The molecule has 2 aromatic carbocycles. The highest BCUT2D eigenvalue weighted by Gasteiger charge is 2.26. The largest absolute Gasteiger partial charge is 0.508 e. The normalized spacial score (nSPS) is 13.2. The van der Waals surface area contributed by atoms with Gasteiger partial charge in [-0.3, -0.25) is 24.0 Å². The molecule has 2 rings (SSSR count). The molecule has 0 aromatic heterocycles. The maximum Gasteiger partial charge on any atom is 0.305 e. The van der Waals surface area contributed by atoms with Gasteiger partial charge in [0.1, 0.15) is 19.2 Å². The van der Waals surface area contributed by atoms with E-state index in [0.717, 1.165) is 18.4 Å². The average Bonchev–Trinajstić information content (AvgIpc) is 3.13. The summed E-state index contributed by atoms with van der Waals surface area (Å²) in [5, 5.41) is 20.7. The van der Waals surface area contributed by atoms with E-state index >= 15 is 0 Å². The zero-order valence-corrected chi connectivity index (χ0v) is 29.8. The van der Waals surface area contributed by atoms with Gasteiger partial charge in [-0.25, -0.2) is 0 Å². The van der Waals surface area contributed by atoms with Crippen molar-refractivity contribution < 1.29 is 38.0 Å². The number of carbonyl (C=O) groups is 5. The summed E-state index contributed by atoms with van der Waals surface area (Å²) in [5.41, 5.74) is 4.40. The molecule has 0 bridgehead atoms. The quantitative estimate of drug-likeness (QED) is 0.0784. The van der Waals surface area contributed by atoms with E-state index in [4.69, 9.17) is 4.15 Å². The van der Waals surface area contributed by atoms with Gasteiger partial charge in [0.05, 0.1) is 19.7 Å². The van der Waals surface area contributed by atoms with Crippen molar-refractivity contribution in [3.8, 4) is 5.75 Å². The number of aryl methyl sites for hydroxylation is 2. The highest BCUT2D eigenvalue weighted by molar-refractivity contribution is 7.98. The first-order chi connectivity index (χ1) is 24.6. The van der Waals surface area contributed by atoms with Gasteiger partial charge in [-0.1, -0.05) is 43.2 Å². The Bertz CT molecular complexity index is 1410. The highest BCUT2D eigenvalue weighted by atomic mass is 35.5. The lowest BCUT2D eigenvalue weighted by Gasteiger charge is -2.22. The summed E-state index contributed by atoms with van der Waals surface area (Å²) >= 11 is 1.46. The molecule has 12 nitrogen and oxygen atoms in total. The summed E-state index contributed by atoms with van der Waals surface area (Å²) in [6, 6.07) is 8.92. The minimum atomic E-state index is -1.13. The number of methoxy groups -OCH3 is 1. The number of esters is 1. The molecule has 272 valence electrons. The van der Waals surface area contributed by atoms with Crippen LogP contribution in [-0.4, -0.2) is 85.0 Å². The second-order valence-corrected chi connectivity index (χ2v) is 12.4. The lowest BCUT2D eigenvalue weighted by Crippen LogP contribution is -2.54. The van der Waals surface area contributed by atoms with Crippen molar-refractivity contribution in [3.63, 3.8) is 0 Å². The number of phenols is 1. The number of ether oxygens (including phenoxy) is 1. The van der Waals surface area contributed by atoms with Crippen molar-refractivity contribution in [1.82, 2.24) is 21.3 Å². The average molecular weight is 725 g/mol. The molecular weight excluding hydrogens is 670 g/mol. The number of benzene rings is 2. The summed E-state index contributed by atoms with van der Waals surface area (Å²) in [7, 11) is 1.35. The van der Waals surface area contributed by atoms with E-state index in [0.29, 0.717) is 48.3 Å². The molecule has 14 heteroatoms. The summed E-state index contributed by atoms with van der Waals surface area (Å²) < 4.78 is 28.1. The van der Waals surface area contributed by atoms with Gasteiger partial charge in [-0.2, -0.15) is 11.8 Å². The Morgan fingerprint density at radius 3 is 2.22 bits per heavy atom. The molecule has 0 aliphatic rings. The maximum atomic E-state index is 13.3. The Morgan fingerprint density at radius 1 is 0.918 bits per heavy atom. The van der Waals surface area contributed by atoms with E-state index < -0.39 is 42.4 Å². The third kappa shape index (κ3) is 16.4. The SMILES string of the molecule is Cl.[2H]Cc1cc(O)cc(C[2H])c1C[C@H](N[2H])C(=O)N[C@@H](CCSC)C(=O)NCC(=O)N[C@@H](Cc1ccccc1)C(=O)NCCCCCCC(=O)OC. The van der Waals surface area contributed by atoms with Crippen molar-refractivity contribution >= 4 is 53.8 Å². The van der Waals surface area contributed by atoms with Gasteiger partial charge in [-0.15, -0.1) is 12.4 Å². The minimum Gasteiger partial charge on any atom is -0.508 e. The van der Waals surface area contributed by atoms with Crippen LogP contribution < -0.4 is 27.0 Å². The van der Waals surface area contributed by atoms with Crippen LogP contribution in [0.2, 0.25) is 1.41 Å². The number of nitrogens with two attached hydrogens (primary N) is 1. The van der Waals surface area contributed by atoms with E-state index in [-0.39, 0.29) is 63.1 Å². The van der Waals surface area contributed by atoms with E-state index in [1.807, 2.05) is 36.6 Å². The number of hydrogen-bond acceptors (Lipinski definition) is 9. The number of amides is 4. The predicted molar refractivity (Wildman–Crippen MR) is 195 cm³/mol. The van der Waals surface area contributed by atoms with E-state index in [2.05, 4.69) is 31.7 Å². The Morgan fingerprint density at radius 2 is 1.59 bits per heavy atom. The molecule has 49 heavy (non-hydrogen) atoms. The summed E-state index contributed by atoms with van der Waals surface area (Å²) in [4.78, 5) is 63.9. The smallest absolute Gasteiger partial charge is 0.305 e. The molecule has 3 atom stereocenters. The first kappa shape index (κ1) is 38.0. The number of halogens is 1. The number of nitrogens with one attached hydrogen (secondary N) is 4. The third-order valence-corrected chi connectivity index (χ3v) is 8.22. The Kier molecular flexibility index (Phi) is 18.2. The standard InChI is InChI=1S/C35H51N5O7S.ClH/c1-23-18-26(41)19-24(2)27(23)21-28(36)33(44)40-29(15-17-48-4)34(45)38-22-31(42)39-30(20-25-12-8-7-9-13-25)35(46)37-16-11-6-5-10-14-32(43)47-3;/h7-9,12-13,18-19,28-30,41H,5-6,10-11,14-17,20-22,36H2,1-4H3,(H,37,46)(H,38,45)(H,39,42)(H,40,44);1H/t28-,29-,30-;/m0./s1/i1D,2D;/hD. The zero-order chi connectivity index (χ0) is 37.6. The molecule has 0 fully saturated rings. The summed E-state index contributed by atoms with van der Waals surface area (Å²) in [5.74, 6) is -2.07. The van der Waals surface area contributed by atoms with Crippen LogP contribution in [-0.2, 0) is 41.6 Å². The molecular formula is C35H52ClN5O7S. The molecule has 0 aliphatic carbocycles. The molecule has 0 aliphatic heterocycles. The van der Waals surface area contributed by atoms with Gasteiger partial charge in [0.15, 0.2) is 0 Å². The highest BCUT2D eigenvalue weighted by Crippen LogP contribution is 2.22. The molecule has 4 amide bonds. The van der Waals surface area contributed by atoms with Gasteiger partial charge in [0, 0.05) is 22.1 Å². The van der Waals surface area contributed by atoms with Crippen LogP contribution in [0, 0.1) is 13.8 Å². The number of thioether (sulfide) groups is 1. The van der Waals surface area contributed by atoms with Crippen LogP contribution in [0.4, 0.5) is 0 Å². The third-order valence-electron chi connectivity index (χ3n) is 7.58. The fourth-order valence-electron chi connectivity index (χ4n) is 4.89. The van der Waals surface area contributed by atoms with Gasteiger partial charge in [0.25, 0.3) is 0 Å². The first-order valence-electron chi connectivity index (χ1n) is 17.8.